The fourth-order valence-electron chi connectivity index (χ4n) is 0.723. The van der Waals surface area contributed by atoms with Crippen LogP contribution >= 0.6 is 0 Å². The van der Waals surface area contributed by atoms with Gasteiger partial charge in [-0.1, -0.05) is 0 Å². The van der Waals surface area contributed by atoms with E-state index in [4.69, 9.17) is 5.73 Å². The molecule has 0 aliphatic rings. The molecular formula is C7H17N3O4S. The summed E-state index contributed by atoms with van der Waals surface area (Å²) in [5, 5.41) is 0. The second-order valence-corrected chi connectivity index (χ2v) is 4.95. The molecule has 0 unspecified atom stereocenters. The van der Waals surface area contributed by atoms with Crippen LogP contribution in [-0.4, -0.2) is 45.1 Å². The van der Waals surface area contributed by atoms with E-state index in [-0.39, 0.29) is 19.2 Å². The minimum absolute atomic E-state index is 0.129. The predicted octanol–water partition coefficient (Wildman–Crippen LogP) is -0.744. The first-order valence-corrected chi connectivity index (χ1v) is 5.88. The van der Waals surface area contributed by atoms with Crippen molar-refractivity contribution in [3.05, 3.63) is 0 Å². The van der Waals surface area contributed by atoms with Gasteiger partial charge in [-0.15, -0.1) is 0 Å². The summed E-state index contributed by atoms with van der Waals surface area (Å²) < 4.78 is 30.1. The summed E-state index contributed by atoms with van der Waals surface area (Å²) >= 11 is 0. The third kappa shape index (κ3) is 5.55. The summed E-state index contributed by atoms with van der Waals surface area (Å²) in [6, 6.07) is 0. The van der Waals surface area contributed by atoms with Crippen molar-refractivity contribution in [1.82, 2.24) is 9.03 Å². The highest BCUT2D eigenvalue weighted by molar-refractivity contribution is 7.87. The Kier molecular flexibility index (Phi) is 5.55. The molecule has 15 heavy (non-hydrogen) atoms. The second kappa shape index (κ2) is 5.89. The van der Waals surface area contributed by atoms with Crippen LogP contribution in [0, 0.1) is 0 Å². The van der Waals surface area contributed by atoms with Crippen LogP contribution in [0.4, 0.5) is 4.79 Å². The highest BCUT2D eigenvalue weighted by atomic mass is 32.2. The van der Waals surface area contributed by atoms with E-state index in [9.17, 15) is 13.2 Å². The van der Waals surface area contributed by atoms with Gasteiger partial charge in [0.25, 0.3) is 0 Å². The third-order valence-electron chi connectivity index (χ3n) is 1.41. The maximum Gasteiger partial charge on any atom is 0.422 e. The van der Waals surface area contributed by atoms with E-state index in [0.717, 1.165) is 4.31 Å². The van der Waals surface area contributed by atoms with E-state index < -0.39 is 16.3 Å². The molecule has 0 rings (SSSR count). The van der Waals surface area contributed by atoms with Crippen molar-refractivity contribution in [2.75, 3.05) is 20.1 Å². The summed E-state index contributed by atoms with van der Waals surface area (Å²) in [5.41, 5.74) is 5.19. The van der Waals surface area contributed by atoms with Crippen molar-refractivity contribution >= 4 is 16.3 Å². The van der Waals surface area contributed by atoms with Crippen LogP contribution in [0.25, 0.3) is 0 Å². The zero-order valence-corrected chi connectivity index (χ0v) is 9.87. The average molecular weight is 239 g/mol. The van der Waals surface area contributed by atoms with E-state index in [2.05, 4.69) is 4.74 Å². The lowest BCUT2D eigenvalue weighted by molar-refractivity contribution is 0.121. The quantitative estimate of drug-likeness (QED) is 0.657. The Labute approximate surface area is 89.7 Å². The van der Waals surface area contributed by atoms with Gasteiger partial charge in [-0.25, -0.2) is 9.52 Å². The highest BCUT2D eigenvalue weighted by Crippen LogP contribution is 1.95. The van der Waals surface area contributed by atoms with Crippen molar-refractivity contribution in [2.45, 2.75) is 20.0 Å². The Morgan fingerprint density at radius 3 is 2.47 bits per heavy atom. The summed E-state index contributed by atoms with van der Waals surface area (Å²) in [6.07, 6.45) is -1.37. The summed E-state index contributed by atoms with van der Waals surface area (Å²) in [6.45, 7) is 3.55. The molecule has 0 saturated heterocycles. The molecule has 0 aliphatic carbocycles. The van der Waals surface area contributed by atoms with Crippen molar-refractivity contribution in [3.63, 3.8) is 0 Å². The number of amides is 1. The summed E-state index contributed by atoms with van der Waals surface area (Å²) in [5.74, 6) is 0. The van der Waals surface area contributed by atoms with Crippen LogP contribution in [0.15, 0.2) is 0 Å². The molecule has 7 nitrogen and oxygen atoms in total. The largest absolute Gasteiger partial charge is 0.446 e. The van der Waals surface area contributed by atoms with Crippen LogP contribution in [0.2, 0.25) is 0 Å². The Hall–Kier alpha value is -0.860. The van der Waals surface area contributed by atoms with E-state index in [1.165, 1.54) is 7.05 Å². The second-order valence-electron chi connectivity index (χ2n) is 3.17. The van der Waals surface area contributed by atoms with Gasteiger partial charge in [0.05, 0.1) is 6.10 Å². The van der Waals surface area contributed by atoms with Gasteiger partial charge in [-0.05, 0) is 13.8 Å². The number of hydrogen-bond acceptors (Lipinski definition) is 5. The molecule has 0 aromatic heterocycles. The van der Waals surface area contributed by atoms with Crippen molar-refractivity contribution in [3.8, 4) is 0 Å². The average Bonchev–Trinajstić information content (AvgIpc) is 2.01. The maximum absolute atomic E-state index is 11.4. The zero-order chi connectivity index (χ0) is 12.1. The lowest BCUT2D eigenvalue weighted by Crippen LogP contribution is -2.43. The van der Waals surface area contributed by atoms with Crippen LogP contribution in [0.1, 0.15) is 13.8 Å². The Morgan fingerprint density at radius 2 is 2.07 bits per heavy atom. The maximum atomic E-state index is 11.4. The fourth-order valence-corrected chi connectivity index (χ4v) is 1.48. The molecule has 3 N–H and O–H groups in total. The number of nitrogens with two attached hydrogens (primary N) is 1. The summed E-state index contributed by atoms with van der Waals surface area (Å²) in [4.78, 5) is 11.0. The van der Waals surface area contributed by atoms with Crippen LogP contribution in [-0.2, 0) is 14.9 Å². The normalized spacial score (nSPS) is 11.9. The van der Waals surface area contributed by atoms with Crippen molar-refractivity contribution in [2.24, 2.45) is 5.73 Å². The molecule has 8 heteroatoms. The molecule has 0 bridgehead atoms. The first-order valence-electron chi connectivity index (χ1n) is 4.44. The molecular weight excluding hydrogens is 222 g/mol. The van der Waals surface area contributed by atoms with Gasteiger partial charge in [0.1, 0.15) is 0 Å². The molecule has 0 spiro atoms. The molecule has 0 heterocycles. The summed E-state index contributed by atoms with van der Waals surface area (Å²) in [7, 11) is -2.52. The number of rotatable bonds is 5. The van der Waals surface area contributed by atoms with Gasteiger partial charge < -0.3 is 10.5 Å². The number of nitrogens with zero attached hydrogens (tertiary/aromatic N) is 1. The number of likely N-dealkylation sites (N-methyl/N-ethyl adjacent to an activating group) is 1. The predicted molar refractivity (Wildman–Crippen MR) is 55.4 cm³/mol. The first kappa shape index (κ1) is 14.1. The van der Waals surface area contributed by atoms with E-state index in [0.29, 0.717) is 0 Å². The fraction of sp³-hybridized carbons (Fsp3) is 0.857. The zero-order valence-electron chi connectivity index (χ0n) is 9.06. The van der Waals surface area contributed by atoms with E-state index in [1.54, 1.807) is 18.6 Å². The van der Waals surface area contributed by atoms with Gasteiger partial charge in [-0.2, -0.15) is 12.7 Å². The van der Waals surface area contributed by atoms with E-state index >= 15 is 0 Å². The smallest absolute Gasteiger partial charge is 0.422 e. The third-order valence-corrected chi connectivity index (χ3v) is 2.84. The topological polar surface area (TPSA) is 102 Å². The number of hydrogen-bond donors (Lipinski definition) is 2. The minimum Gasteiger partial charge on any atom is -0.446 e. The van der Waals surface area contributed by atoms with Crippen molar-refractivity contribution in [1.29, 1.82) is 0 Å². The van der Waals surface area contributed by atoms with Gasteiger partial charge in [0.15, 0.2) is 0 Å². The molecule has 0 radical (unpaired) electrons. The number of carbonyl (C=O) groups is 1. The molecule has 90 valence electrons. The minimum atomic E-state index is -3.84. The standard InChI is InChI=1S/C7H17N3O4S/c1-6(2)14-7(11)9-15(12,13)10(3)5-4-8/h6H,4-5,8H2,1-3H3,(H,9,11). The SMILES string of the molecule is CC(C)OC(=O)NS(=O)(=O)N(C)CCN. The Bertz CT molecular complexity index is 301. The Balaban J connectivity index is 4.32. The van der Waals surface area contributed by atoms with Gasteiger partial charge in [0, 0.05) is 20.1 Å². The molecule has 0 aliphatic heterocycles. The molecule has 0 saturated carbocycles. The van der Waals surface area contributed by atoms with Gasteiger partial charge in [0.2, 0.25) is 0 Å². The number of nitrogens with one attached hydrogen (secondary N) is 1. The van der Waals surface area contributed by atoms with E-state index in [1.807, 2.05) is 0 Å². The molecule has 0 aromatic carbocycles. The lowest BCUT2D eigenvalue weighted by atomic mass is 10.5. The highest BCUT2D eigenvalue weighted by Gasteiger charge is 2.20. The lowest BCUT2D eigenvalue weighted by Gasteiger charge is -2.17. The first-order chi connectivity index (χ1) is 6.79. The molecule has 0 atom stereocenters. The van der Waals surface area contributed by atoms with Crippen LogP contribution in [0.5, 0.6) is 0 Å². The molecule has 1 amide bonds. The van der Waals surface area contributed by atoms with Crippen LogP contribution in [0.3, 0.4) is 0 Å². The molecule has 0 aromatic rings. The van der Waals surface area contributed by atoms with Crippen molar-refractivity contribution < 1.29 is 17.9 Å². The number of carbonyl (C=O) groups excluding carboxylic acids is 1. The van der Waals surface area contributed by atoms with Crippen LogP contribution < -0.4 is 10.5 Å². The van der Waals surface area contributed by atoms with Gasteiger partial charge in [-0.3, -0.25) is 0 Å². The monoisotopic (exact) mass is 239 g/mol. The Morgan fingerprint density at radius 1 is 1.53 bits per heavy atom. The van der Waals surface area contributed by atoms with Gasteiger partial charge >= 0.3 is 16.3 Å². The molecule has 0 fully saturated rings. The number of ether oxygens (including phenoxy) is 1.